The van der Waals surface area contributed by atoms with Gasteiger partial charge in [0.1, 0.15) is 18.1 Å². The molecule has 3 nitrogen and oxygen atoms in total. The molecule has 0 heterocycles. The minimum absolute atomic E-state index is 0.571. The van der Waals surface area contributed by atoms with Gasteiger partial charge in [-0.2, -0.15) is 0 Å². The van der Waals surface area contributed by atoms with Gasteiger partial charge in [0.15, 0.2) is 0 Å². The van der Waals surface area contributed by atoms with E-state index in [-0.39, 0.29) is 0 Å². The average Bonchev–Trinajstić information content (AvgIpc) is 2.73. The second kappa shape index (κ2) is 7.83. The first kappa shape index (κ1) is 17.0. The fraction of sp³-hybridized carbons (Fsp3) is 0.0833. The van der Waals surface area contributed by atoms with Crippen LogP contribution in [-0.2, 0) is 6.61 Å². The summed E-state index contributed by atoms with van der Waals surface area (Å²) in [6, 6.07) is 30.6. The van der Waals surface area contributed by atoms with Crippen molar-refractivity contribution in [3.05, 3.63) is 96.6 Å². The van der Waals surface area contributed by atoms with Crippen molar-refractivity contribution in [3.8, 4) is 11.5 Å². The molecule has 27 heavy (non-hydrogen) atoms. The van der Waals surface area contributed by atoms with E-state index in [0.717, 1.165) is 33.8 Å². The highest BCUT2D eigenvalue weighted by molar-refractivity contribution is 5.87. The van der Waals surface area contributed by atoms with E-state index in [1.54, 1.807) is 7.11 Å². The van der Waals surface area contributed by atoms with Crippen molar-refractivity contribution in [3.63, 3.8) is 0 Å². The van der Waals surface area contributed by atoms with Gasteiger partial charge in [0, 0.05) is 11.4 Å². The van der Waals surface area contributed by atoms with Crippen LogP contribution < -0.4 is 14.8 Å². The smallest absolute Gasteiger partial charge is 0.119 e. The maximum atomic E-state index is 5.84. The Balaban J connectivity index is 1.42. The third kappa shape index (κ3) is 4.21. The molecule has 0 aliphatic heterocycles. The Labute approximate surface area is 159 Å². The zero-order valence-corrected chi connectivity index (χ0v) is 15.2. The number of rotatable bonds is 6. The van der Waals surface area contributed by atoms with E-state index in [0.29, 0.717) is 6.61 Å². The van der Waals surface area contributed by atoms with Gasteiger partial charge in [-0.3, -0.25) is 0 Å². The van der Waals surface area contributed by atoms with Crippen molar-refractivity contribution in [2.45, 2.75) is 6.61 Å². The molecule has 0 fully saturated rings. The third-order valence-corrected chi connectivity index (χ3v) is 4.44. The van der Waals surface area contributed by atoms with Crippen LogP contribution in [-0.4, -0.2) is 7.11 Å². The summed E-state index contributed by atoms with van der Waals surface area (Å²) in [6.07, 6.45) is 0. The molecule has 0 bridgehead atoms. The number of fused-ring (bicyclic) bond motifs is 1. The van der Waals surface area contributed by atoms with Gasteiger partial charge < -0.3 is 14.8 Å². The molecular weight excluding hydrogens is 334 g/mol. The average molecular weight is 355 g/mol. The molecule has 0 spiro atoms. The molecule has 4 aromatic carbocycles. The monoisotopic (exact) mass is 355 g/mol. The van der Waals surface area contributed by atoms with Crippen molar-refractivity contribution in [2.75, 3.05) is 12.4 Å². The van der Waals surface area contributed by atoms with E-state index in [9.17, 15) is 0 Å². The zero-order valence-electron chi connectivity index (χ0n) is 15.2. The maximum Gasteiger partial charge on any atom is 0.119 e. The Morgan fingerprint density at radius 2 is 1.33 bits per heavy atom. The summed E-state index contributed by atoms with van der Waals surface area (Å²) in [5.74, 6) is 1.73. The van der Waals surface area contributed by atoms with Crippen LogP contribution in [0.15, 0.2) is 91.0 Å². The van der Waals surface area contributed by atoms with Crippen LogP contribution in [0, 0.1) is 0 Å². The van der Waals surface area contributed by atoms with Crippen molar-refractivity contribution < 1.29 is 9.47 Å². The standard InChI is InChI=1S/C24H21NO2/c1-26-24-12-8-19-15-22(9-7-20(19)16-24)25-21-10-13-23(14-11-21)27-17-18-5-3-2-4-6-18/h2-16,25H,17H2,1H3. The molecule has 0 saturated carbocycles. The predicted molar refractivity (Wildman–Crippen MR) is 111 cm³/mol. The predicted octanol–water partition coefficient (Wildman–Crippen LogP) is 6.17. The lowest BCUT2D eigenvalue weighted by Crippen LogP contribution is -1.95. The summed E-state index contributed by atoms with van der Waals surface area (Å²) < 4.78 is 11.1. The normalized spacial score (nSPS) is 10.6. The van der Waals surface area contributed by atoms with Gasteiger partial charge in [-0.05, 0) is 64.9 Å². The molecule has 0 amide bonds. The lowest BCUT2D eigenvalue weighted by molar-refractivity contribution is 0.306. The van der Waals surface area contributed by atoms with E-state index in [1.807, 2.05) is 54.6 Å². The second-order valence-electron chi connectivity index (χ2n) is 6.35. The number of anilines is 2. The number of nitrogens with one attached hydrogen (secondary N) is 1. The first-order valence-corrected chi connectivity index (χ1v) is 8.92. The van der Waals surface area contributed by atoms with Crippen LogP contribution in [0.5, 0.6) is 11.5 Å². The number of benzene rings is 4. The van der Waals surface area contributed by atoms with E-state index < -0.39 is 0 Å². The highest BCUT2D eigenvalue weighted by Gasteiger charge is 2.01. The Kier molecular flexibility index (Phi) is 4.93. The number of ether oxygens (including phenoxy) is 2. The summed E-state index contributed by atoms with van der Waals surface area (Å²) in [5, 5.41) is 5.77. The molecule has 0 aliphatic rings. The minimum atomic E-state index is 0.571. The van der Waals surface area contributed by atoms with E-state index >= 15 is 0 Å². The third-order valence-electron chi connectivity index (χ3n) is 4.44. The van der Waals surface area contributed by atoms with Gasteiger partial charge in [-0.25, -0.2) is 0 Å². The van der Waals surface area contributed by atoms with Crippen LogP contribution in [0.3, 0.4) is 0 Å². The molecular formula is C24H21NO2. The Morgan fingerprint density at radius 1 is 0.667 bits per heavy atom. The molecule has 0 atom stereocenters. The second-order valence-corrected chi connectivity index (χ2v) is 6.35. The van der Waals surface area contributed by atoms with Gasteiger partial charge in [0.25, 0.3) is 0 Å². The summed E-state index contributed by atoms with van der Waals surface area (Å²) in [7, 11) is 1.68. The van der Waals surface area contributed by atoms with Crippen molar-refractivity contribution in [1.82, 2.24) is 0 Å². The first-order valence-electron chi connectivity index (χ1n) is 8.92. The molecule has 4 rings (SSSR count). The quantitative estimate of drug-likeness (QED) is 0.448. The largest absolute Gasteiger partial charge is 0.497 e. The highest BCUT2D eigenvalue weighted by atomic mass is 16.5. The Hall–Kier alpha value is -3.46. The summed E-state index contributed by atoms with van der Waals surface area (Å²) >= 11 is 0. The zero-order chi connectivity index (χ0) is 18.5. The van der Waals surface area contributed by atoms with Crippen molar-refractivity contribution in [2.24, 2.45) is 0 Å². The topological polar surface area (TPSA) is 30.5 Å². The molecule has 0 saturated heterocycles. The molecule has 1 N–H and O–H groups in total. The molecule has 0 radical (unpaired) electrons. The van der Waals surface area contributed by atoms with E-state index in [2.05, 4.69) is 41.7 Å². The fourth-order valence-corrected chi connectivity index (χ4v) is 2.97. The van der Waals surface area contributed by atoms with Gasteiger partial charge in [0.05, 0.1) is 7.11 Å². The van der Waals surface area contributed by atoms with Crippen LogP contribution in [0.25, 0.3) is 10.8 Å². The minimum Gasteiger partial charge on any atom is -0.497 e. The molecule has 0 aliphatic carbocycles. The van der Waals surface area contributed by atoms with Crippen LogP contribution >= 0.6 is 0 Å². The Morgan fingerprint density at radius 3 is 2.11 bits per heavy atom. The molecule has 0 unspecified atom stereocenters. The van der Waals surface area contributed by atoms with E-state index in [4.69, 9.17) is 9.47 Å². The highest BCUT2D eigenvalue weighted by Crippen LogP contribution is 2.26. The number of methoxy groups -OCH3 is 1. The maximum absolute atomic E-state index is 5.84. The van der Waals surface area contributed by atoms with E-state index in [1.165, 1.54) is 5.39 Å². The fourth-order valence-electron chi connectivity index (χ4n) is 2.97. The SMILES string of the molecule is COc1ccc2cc(Nc3ccc(OCc4ccccc4)cc3)ccc2c1. The van der Waals surface area contributed by atoms with Crippen molar-refractivity contribution >= 4 is 22.1 Å². The summed E-state index contributed by atoms with van der Waals surface area (Å²) in [5.41, 5.74) is 3.23. The molecule has 4 aromatic rings. The van der Waals surface area contributed by atoms with Crippen molar-refractivity contribution in [1.29, 1.82) is 0 Å². The lowest BCUT2D eigenvalue weighted by atomic mass is 10.1. The lowest BCUT2D eigenvalue weighted by Gasteiger charge is -2.10. The molecule has 134 valence electrons. The van der Waals surface area contributed by atoms with Gasteiger partial charge >= 0.3 is 0 Å². The first-order chi connectivity index (χ1) is 13.3. The van der Waals surface area contributed by atoms with Gasteiger partial charge in [-0.15, -0.1) is 0 Å². The Bertz CT molecular complexity index is 1030. The molecule has 0 aromatic heterocycles. The summed E-state index contributed by atoms with van der Waals surface area (Å²) in [4.78, 5) is 0. The molecule has 3 heteroatoms. The number of hydrogen-bond donors (Lipinski definition) is 1. The van der Waals surface area contributed by atoms with Gasteiger partial charge in [0.2, 0.25) is 0 Å². The van der Waals surface area contributed by atoms with Gasteiger partial charge in [-0.1, -0.05) is 42.5 Å². The van der Waals surface area contributed by atoms with Crippen LogP contribution in [0.2, 0.25) is 0 Å². The van der Waals surface area contributed by atoms with Crippen LogP contribution in [0.4, 0.5) is 11.4 Å². The number of hydrogen-bond acceptors (Lipinski definition) is 3. The van der Waals surface area contributed by atoms with Crippen LogP contribution in [0.1, 0.15) is 5.56 Å². The summed E-state index contributed by atoms with van der Waals surface area (Å²) in [6.45, 7) is 0.571.